The van der Waals surface area contributed by atoms with Crippen molar-refractivity contribution in [2.24, 2.45) is 5.92 Å². The molecule has 0 radical (unpaired) electrons. The van der Waals surface area contributed by atoms with E-state index in [4.69, 9.17) is 4.74 Å². The van der Waals surface area contributed by atoms with Gasteiger partial charge in [-0.3, -0.25) is 0 Å². The predicted molar refractivity (Wildman–Crippen MR) is 68.6 cm³/mol. The first-order valence-corrected chi connectivity index (χ1v) is 8.27. The molecular weight excluding hydrogens is 224 g/mol. The summed E-state index contributed by atoms with van der Waals surface area (Å²) < 4.78 is 6.54. The maximum absolute atomic E-state index is 5.98. The smallest absolute Gasteiger partial charge is 0.0685 e. The second kappa shape index (κ2) is 4.50. The average molecular weight is 244 g/mol. The minimum absolute atomic E-state index is 0.557. The number of ether oxygens (including phenoxy) is 1. The Morgan fingerprint density at radius 1 is 1.00 bits per heavy atom. The van der Waals surface area contributed by atoms with Crippen molar-refractivity contribution in [3.63, 3.8) is 0 Å². The third kappa shape index (κ3) is 1.96. The van der Waals surface area contributed by atoms with E-state index in [1.807, 2.05) is 0 Å². The first-order chi connectivity index (χ1) is 7.41. The van der Waals surface area contributed by atoms with E-state index in [2.05, 4.69) is 23.5 Å². The lowest BCUT2D eigenvalue weighted by atomic mass is 9.81. The number of fused-ring (bicyclic) bond motifs is 2. The van der Waals surface area contributed by atoms with Crippen molar-refractivity contribution in [1.29, 1.82) is 0 Å². The van der Waals surface area contributed by atoms with E-state index < -0.39 is 0 Å². The Kier molecular flexibility index (Phi) is 3.24. The van der Waals surface area contributed by atoms with Crippen LogP contribution >= 0.6 is 23.5 Å². The van der Waals surface area contributed by atoms with Crippen LogP contribution in [0.4, 0.5) is 0 Å². The summed E-state index contributed by atoms with van der Waals surface area (Å²) in [6.45, 7) is 1.02. The molecule has 2 saturated heterocycles. The molecule has 0 aromatic carbocycles. The maximum atomic E-state index is 5.98. The molecule has 3 aliphatic rings. The van der Waals surface area contributed by atoms with E-state index >= 15 is 0 Å². The molecule has 0 amide bonds. The van der Waals surface area contributed by atoms with Crippen LogP contribution in [0.1, 0.15) is 38.5 Å². The number of rotatable bonds is 0. The van der Waals surface area contributed by atoms with Gasteiger partial charge in [0, 0.05) is 12.5 Å². The maximum Gasteiger partial charge on any atom is 0.0685 e. The first-order valence-electron chi connectivity index (χ1n) is 6.30. The van der Waals surface area contributed by atoms with Gasteiger partial charge in [0.15, 0.2) is 0 Å². The van der Waals surface area contributed by atoms with Gasteiger partial charge >= 0.3 is 0 Å². The van der Waals surface area contributed by atoms with Crippen LogP contribution in [0.3, 0.4) is 0 Å². The Labute approximate surface area is 101 Å². The fraction of sp³-hybridized carbons (Fsp3) is 1.00. The van der Waals surface area contributed by atoms with Gasteiger partial charge in [-0.2, -0.15) is 0 Å². The predicted octanol–water partition coefficient (Wildman–Crippen LogP) is 3.53. The molecule has 2 heterocycles. The van der Waals surface area contributed by atoms with Crippen LogP contribution in [-0.4, -0.2) is 28.3 Å². The Morgan fingerprint density at radius 3 is 2.67 bits per heavy atom. The highest BCUT2D eigenvalue weighted by Crippen LogP contribution is 2.56. The van der Waals surface area contributed by atoms with Gasteiger partial charge in [0.05, 0.1) is 10.2 Å². The molecule has 0 bridgehead atoms. The lowest BCUT2D eigenvalue weighted by Gasteiger charge is -2.50. The highest BCUT2D eigenvalue weighted by Gasteiger charge is 2.48. The topological polar surface area (TPSA) is 9.23 Å². The molecule has 0 aromatic heterocycles. The standard InChI is InChI=1S/C12H20OS2/c1-2-5-11-10(4-1)12(6-7-13-11)14-8-3-9-15-12/h10-11H,1-9H2/t10-,11-/m1/s1. The van der Waals surface area contributed by atoms with Crippen molar-refractivity contribution in [2.45, 2.75) is 48.7 Å². The van der Waals surface area contributed by atoms with Crippen molar-refractivity contribution >= 4 is 23.5 Å². The summed E-state index contributed by atoms with van der Waals surface area (Å²) in [6, 6.07) is 0. The zero-order valence-corrected chi connectivity index (χ0v) is 10.9. The summed E-state index contributed by atoms with van der Waals surface area (Å²) in [6.07, 6.45) is 8.89. The molecule has 1 saturated carbocycles. The van der Waals surface area contributed by atoms with Crippen molar-refractivity contribution in [3.8, 4) is 0 Å². The van der Waals surface area contributed by atoms with Gasteiger partial charge in [-0.1, -0.05) is 12.8 Å². The Hall–Kier alpha value is 0.660. The minimum Gasteiger partial charge on any atom is -0.378 e. The van der Waals surface area contributed by atoms with Gasteiger partial charge in [-0.05, 0) is 37.2 Å². The molecule has 0 aromatic rings. The Morgan fingerprint density at radius 2 is 1.80 bits per heavy atom. The van der Waals surface area contributed by atoms with Crippen LogP contribution in [0, 0.1) is 5.92 Å². The number of thioether (sulfide) groups is 2. The van der Waals surface area contributed by atoms with Crippen molar-refractivity contribution < 1.29 is 4.74 Å². The van der Waals surface area contributed by atoms with Gasteiger partial charge in [0.1, 0.15) is 0 Å². The minimum atomic E-state index is 0.557. The summed E-state index contributed by atoms with van der Waals surface area (Å²) >= 11 is 4.51. The number of hydrogen-bond acceptors (Lipinski definition) is 3. The molecule has 3 fully saturated rings. The highest BCUT2D eigenvalue weighted by molar-refractivity contribution is 8.18. The molecule has 0 N–H and O–H groups in total. The summed E-state index contributed by atoms with van der Waals surface area (Å²) in [7, 11) is 0. The Balaban J connectivity index is 1.79. The molecule has 2 atom stereocenters. The SMILES string of the molecule is C1CSC2(CCO[C@@H]3CCCC[C@H]32)SC1. The van der Waals surface area contributed by atoms with E-state index in [-0.39, 0.29) is 0 Å². The van der Waals surface area contributed by atoms with E-state index in [0.29, 0.717) is 10.2 Å². The van der Waals surface area contributed by atoms with E-state index in [9.17, 15) is 0 Å². The molecule has 3 heteroatoms. The van der Waals surface area contributed by atoms with Crippen molar-refractivity contribution in [2.75, 3.05) is 18.1 Å². The van der Waals surface area contributed by atoms with Gasteiger partial charge < -0.3 is 4.74 Å². The van der Waals surface area contributed by atoms with Gasteiger partial charge in [-0.15, -0.1) is 23.5 Å². The van der Waals surface area contributed by atoms with Gasteiger partial charge in [-0.25, -0.2) is 0 Å². The lowest BCUT2D eigenvalue weighted by Crippen LogP contribution is -2.48. The molecule has 2 aliphatic heterocycles. The van der Waals surface area contributed by atoms with Gasteiger partial charge in [0.2, 0.25) is 0 Å². The molecule has 86 valence electrons. The quantitative estimate of drug-likeness (QED) is 0.645. The van der Waals surface area contributed by atoms with Crippen LogP contribution in [0.15, 0.2) is 0 Å². The normalized spacial score (nSPS) is 40.0. The summed E-state index contributed by atoms with van der Waals surface area (Å²) in [4.78, 5) is 0. The fourth-order valence-corrected chi connectivity index (χ4v) is 6.99. The molecule has 1 spiro atoms. The molecule has 1 nitrogen and oxygen atoms in total. The molecular formula is C12H20OS2. The third-order valence-electron chi connectivity index (χ3n) is 4.03. The second-order valence-corrected chi connectivity index (χ2v) is 8.02. The van der Waals surface area contributed by atoms with Crippen LogP contribution in [0.5, 0.6) is 0 Å². The zero-order chi connectivity index (χ0) is 10.1. The van der Waals surface area contributed by atoms with E-state index in [1.54, 1.807) is 0 Å². The van der Waals surface area contributed by atoms with Gasteiger partial charge in [0.25, 0.3) is 0 Å². The van der Waals surface area contributed by atoms with Crippen molar-refractivity contribution in [3.05, 3.63) is 0 Å². The highest BCUT2D eigenvalue weighted by atomic mass is 32.2. The monoisotopic (exact) mass is 244 g/mol. The van der Waals surface area contributed by atoms with Crippen LogP contribution < -0.4 is 0 Å². The summed E-state index contributed by atoms with van der Waals surface area (Å²) in [5.74, 6) is 3.63. The molecule has 0 unspecified atom stereocenters. The summed E-state index contributed by atoms with van der Waals surface area (Å²) in [5, 5.41) is 0. The first kappa shape index (κ1) is 10.8. The number of hydrogen-bond donors (Lipinski definition) is 0. The molecule has 3 rings (SSSR count). The lowest BCUT2D eigenvalue weighted by molar-refractivity contribution is -0.0490. The average Bonchev–Trinajstić information content (AvgIpc) is 2.31. The summed E-state index contributed by atoms with van der Waals surface area (Å²) in [5.41, 5.74) is 0. The van der Waals surface area contributed by atoms with Crippen molar-refractivity contribution in [1.82, 2.24) is 0 Å². The third-order valence-corrected chi connectivity index (χ3v) is 7.72. The fourth-order valence-electron chi connectivity index (χ4n) is 3.29. The van der Waals surface area contributed by atoms with Crippen LogP contribution in [-0.2, 0) is 4.74 Å². The van der Waals surface area contributed by atoms with E-state index in [0.717, 1.165) is 12.5 Å². The Bertz CT molecular complexity index is 218. The van der Waals surface area contributed by atoms with Crippen LogP contribution in [0.25, 0.3) is 0 Å². The molecule has 1 aliphatic carbocycles. The molecule has 15 heavy (non-hydrogen) atoms. The van der Waals surface area contributed by atoms with E-state index in [1.165, 1.54) is 50.0 Å². The second-order valence-electron chi connectivity index (χ2n) is 4.91. The zero-order valence-electron chi connectivity index (χ0n) is 9.24. The van der Waals surface area contributed by atoms with Crippen LogP contribution in [0.2, 0.25) is 0 Å². The largest absolute Gasteiger partial charge is 0.378 e.